The molecule has 1 atom stereocenters. The number of nitrogens with zero attached hydrogens (tertiary/aromatic N) is 3. The van der Waals surface area contributed by atoms with E-state index in [0.29, 0.717) is 0 Å². The summed E-state index contributed by atoms with van der Waals surface area (Å²) >= 11 is 0. The minimum atomic E-state index is -1.13. The van der Waals surface area contributed by atoms with Crippen molar-refractivity contribution < 1.29 is 14.7 Å². The second kappa shape index (κ2) is 5.36. The first kappa shape index (κ1) is 13.5. The monoisotopic (exact) mass is 263 g/mol. The number of amides is 1. The molecule has 0 spiro atoms. The zero-order valence-electron chi connectivity index (χ0n) is 11.0. The lowest BCUT2D eigenvalue weighted by molar-refractivity contribution is 0.0689. The lowest BCUT2D eigenvalue weighted by Crippen LogP contribution is -2.39. The van der Waals surface area contributed by atoms with Crippen LogP contribution in [0, 0.1) is 0 Å². The number of pyridine rings is 1. The van der Waals surface area contributed by atoms with Gasteiger partial charge in [0.25, 0.3) is 5.91 Å². The molecule has 6 heteroatoms. The smallest absolute Gasteiger partial charge is 0.354 e. The van der Waals surface area contributed by atoms with Crippen molar-refractivity contribution in [1.82, 2.24) is 14.8 Å². The number of carbonyl (C=O) groups excluding carboxylic acids is 1. The lowest BCUT2D eigenvalue weighted by Gasteiger charge is -2.24. The van der Waals surface area contributed by atoms with Crippen LogP contribution < -0.4 is 0 Å². The first-order valence-corrected chi connectivity index (χ1v) is 6.15. The second-order valence-electron chi connectivity index (χ2n) is 4.83. The van der Waals surface area contributed by atoms with E-state index in [4.69, 9.17) is 5.11 Å². The van der Waals surface area contributed by atoms with Gasteiger partial charge < -0.3 is 14.9 Å². The Kier molecular flexibility index (Phi) is 3.80. The van der Waals surface area contributed by atoms with Gasteiger partial charge in [0.1, 0.15) is 11.4 Å². The fraction of sp³-hybridized carbons (Fsp3) is 0.462. The minimum Gasteiger partial charge on any atom is -0.477 e. The van der Waals surface area contributed by atoms with Gasteiger partial charge >= 0.3 is 5.97 Å². The highest BCUT2D eigenvalue weighted by atomic mass is 16.4. The fourth-order valence-corrected chi connectivity index (χ4v) is 2.25. The van der Waals surface area contributed by atoms with Gasteiger partial charge in [0.2, 0.25) is 0 Å². The molecule has 1 aromatic rings. The summed E-state index contributed by atoms with van der Waals surface area (Å²) < 4.78 is 0. The van der Waals surface area contributed by atoms with Crippen molar-refractivity contribution >= 4 is 11.9 Å². The molecule has 1 N–H and O–H groups in total. The van der Waals surface area contributed by atoms with Crippen LogP contribution in [0.4, 0.5) is 0 Å². The summed E-state index contributed by atoms with van der Waals surface area (Å²) in [5.74, 6) is -1.36. The lowest BCUT2D eigenvalue weighted by atomic mass is 10.2. The molecule has 1 fully saturated rings. The van der Waals surface area contributed by atoms with Gasteiger partial charge in [-0.25, -0.2) is 9.78 Å². The Morgan fingerprint density at radius 2 is 2.11 bits per heavy atom. The SMILES string of the molecule is CN1CCC(N(C)C(=O)c2cccc(C(=O)O)n2)C1. The molecule has 0 bridgehead atoms. The van der Waals surface area contributed by atoms with E-state index >= 15 is 0 Å². The Labute approximate surface area is 111 Å². The first-order valence-electron chi connectivity index (χ1n) is 6.15. The van der Waals surface area contributed by atoms with Crippen molar-refractivity contribution in [3.8, 4) is 0 Å². The van der Waals surface area contributed by atoms with Gasteiger partial charge in [-0.15, -0.1) is 0 Å². The summed E-state index contributed by atoms with van der Waals surface area (Å²) in [5.41, 5.74) is 0.0692. The summed E-state index contributed by atoms with van der Waals surface area (Å²) in [6.45, 7) is 1.80. The summed E-state index contributed by atoms with van der Waals surface area (Å²) in [5, 5.41) is 8.88. The highest BCUT2D eigenvalue weighted by molar-refractivity contribution is 5.94. The molecule has 1 unspecified atom stereocenters. The molecule has 19 heavy (non-hydrogen) atoms. The van der Waals surface area contributed by atoms with Gasteiger partial charge in [0, 0.05) is 19.6 Å². The Morgan fingerprint density at radius 1 is 1.42 bits per heavy atom. The molecule has 1 aromatic heterocycles. The third-order valence-electron chi connectivity index (χ3n) is 3.42. The molecular formula is C13H17N3O3. The molecule has 0 saturated carbocycles. The molecule has 0 aromatic carbocycles. The molecule has 1 aliphatic heterocycles. The molecule has 0 aliphatic carbocycles. The van der Waals surface area contributed by atoms with Crippen LogP contribution in [0.3, 0.4) is 0 Å². The van der Waals surface area contributed by atoms with Crippen LogP contribution in [0.5, 0.6) is 0 Å². The van der Waals surface area contributed by atoms with Crippen molar-refractivity contribution in [2.75, 3.05) is 27.2 Å². The number of carboxylic acids is 1. The van der Waals surface area contributed by atoms with Crippen LogP contribution in [-0.2, 0) is 0 Å². The number of hydrogen-bond acceptors (Lipinski definition) is 4. The average Bonchev–Trinajstić information content (AvgIpc) is 2.84. The summed E-state index contributed by atoms with van der Waals surface area (Å²) in [7, 11) is 3.75. The van der Waals surface area contributed by atoms with E-state index in [1.165, 1.54) is 12.1 Å². The third-order valence-corrected chi connectivity index (χ3v) is 3.42. The maximum atomic E-state index is 12.3. The summed E-state index contributed by atoms with van der Waals surface area (Å²) in [4.78, 5) is 30.8. The maximum Gasteiger partial charge on any atom is 0.354 e. The minimum absolute atomic E-state index is 0.109. The number of carbonyl (C=O) groups is 2. The molecular weight excluding hydrogens is 246 g/mol. The fourth-order valence-electron chi connectivity index (χ4n) is 2.25. The van der Waals surface area contributed by atoms with E-state index in [1.807, 2.05) is 7.05 Å². The van der Waals surface area contributed by atoms with Crippen LogP contribution in [0.1, 0.15) is 27.4 Å². The van der Waals surface area contributed by atoms with Crippen LogP contribution in [0.25, 0.3) is 0 Å². The number of likely N-dealkylation sites (tertiary alicyclic amines) is 1. The quantitative estimate of drug-likeness (QED) is 0.862. The number of rotatable bonds is 3. The van der Waals surface area contributed by atoms with E-state index in [9.17, 15) is 9.59 Å². The average molecular weight is 263 g/mol. The van der Waals surface area contributed by atoms with E-state index in [0.717, 1.165) is 19.5 Å². The number of aromatic nitrogens is 1. The van der Waals surface area contributed by atoms with Crippen LogP contribution in [0.2, 0.25) is 0 Å². The molecule has 1 amide bonds. The van der Waals surface area contributed by atoms with Crippen LogP contribution in [0.15, 0.2) is 18.2 Å². The predicted molar refractivity (Wildman–Crippen MR) is 69.2 cm³/mol. The van der Waals surface area contributed by atoms with Gasteiger partial charge in [-0.05, 0) is 32.1 Å². The normalized spacial score (nSPS) is 19.4. The molecule has 6 nitrogen and oxygen atoms in total. The zero-order valence-corrected chi connectivity index (χ0v) is 11.0. The molecule has 2 heterocycles. The number of likely N-dealkylation sites (N-methyl/N-ethyl adjacent to an activating group) is 2. The maximum absolute atomic E-state index is 12.3. The van der Waals surface area contributed by atoms with Gasteiger partial charge in [-0.3, -0.25) is 4.79 Å². The third kappa shape index (κ3) is 2.90. The standard InChI is InChI=1S/C13H17N3O3/c1-15-7-6-9(8-15)16(2)12(17)10-4-3-5-11(14-10)13(18)19/h3-5,9H,6-8H2,1-2H3,(H,18,19). The first-order chi connectivity index (χ1) is 8.99. The topological polar surface area (TPSA) is 73.7 Å². The van der Waals surface area contributed by atoms with Crippen molar-refractivity contribution in [2.24, 2.45) is 0 Å². The van der Waals surface area contributed by atoms with Crippen LogP contribution in [-0.4, -0.2) is 65.0 Å². The molecule has 1 saturated heterocycles. The molecule has 102 valence electrons. The molecule has 0 radical (unpaired) electrons. The van der Waals surface area contributed by atoms with Gasteiger partial charge in [-0.1, -0.05) is 6.07 Å². The highest BCUT2D eigenvalue weighted by Gasteiger charge is 2.27. The van der Waals surface area contributed by atoms with Crippen molar-refractivity contribution in [2.45, 2.75) is 12.5 Å². The number of aromatic carboxylic acids is 1. The molecule has 1 aliphatic rings. The van der Waals surface area contributed by atoms with E-state index in [-0.39, 0.29) is 23.3 Å². The Morgan fingerprint density at radius 3 is 2.68 bits per heavy atom. The van der Waals surface area contributed by atoms with Crippen molar-refractivity contribution in [3.05, 3.63) is 29.6 Å². The zero-order chi connectivity index (χ0) is 14.0. The Balaban J connectivity index is 2.15. The Hall–Kier alpha value is -1.95. The van der Waals surface area contributed by atoms with E-state index < -0.39 is 5.97 Å². The van der Waals surface area contributed by atoms with Gasteiger partial charge in [-0.2, -0.15) is 0 Å². The number of carboxylic acid groups (broad SMARTS) is 1. The molecule has 2 rings (SSSR count). The van der Waals surface area contributed by atoms with Crippen molar-refractivity contribution in [1.29, 1.82) is 0 Å². The van der Waals surface area contributed by atoms with Crippen LogP contribution >= 0.6 is 0 Å². The van der Waals surface area contributed by atoms with Gasteiger partial charge in [0.05, 0.1) is 0 Å². The number of hydrogen-bond donors (Lipinski definition) is 1. The Bertz CT molecular complexity index is 504. The van der Waals surface area contributed by atoms with Gasteiger partial charge in [0.15, 0.2) is 0 Å². The summed E-state index contributed by atoms with van der Waals surface area (Å²) in [6.07, 6.45) is 0.928. The largest absolute Gasteiger partial charge is 0.477 e. The highest BCUT2D eigenvalue weighted by Crippen LogP contribution is 2.14. The van der Waals surface area contributed by atoms with E-state index in [1.54, 1.807) is 18.0 Å². The summed E-state index contributed by atoms with van der Waals surface area (Å²) in [6, 6.07) is 4.62. The van der Waals surface area contributed by atoms with Crippen molar-refractivity contribution in [3.63, 3.8) is 0 Å². The predicted octanol–water partition coefficient (Wildman–Crippen LogP) is 0.556. The van der Waals surface area contributed by atoms with E-state index in [2.05, 4.69) is 9.88 Å². The second-order valence-corrected chi connectivity index (χ2v) is 4.83.